The predicted molar refractivity (Wildman–Crippen MR) is 63.5 cm³/mol. The van der Waals surface area contributed by atoms with Crippen molar-refractivity contribution in [2.75, 3.05) is 7.05 Å². The van der Waals surface area contributed by atoms with Gasteiger partial charge in [0, 0.05) is 6.04 Å². The van der Waals surface area contributed by atoms with E-state index >= 15 is 0 Å². The molecule has 1 atom stereocenters. The fourth-order valence-corrected chi connectivity index (χ4v) is 2.65. The van der Waals surface area contributed by atoms with Crippen molar-refractivity contribution in [2.45, 2.75) is 65.3 Å². The largest absolute Gasteiger partial charge is 0.316 e. The Kier molecular flexibility index (Phi) is 4.43. The fraction of sp³-hybridized carbons (Fsp3) is 1.00. The molecule has 0 heterocycles. The molecule has 1 unspecified atom stereocenters. The van der Waals surface area contributed by atoms with Gasteiger partial charge in [-0.15, -0.1) is 0 Å². The van der Waals surface area contributed by atoms with Crippen LogP contribution in [0.1, 0.15) is 59.3 Å². The van der Waals surface area contributed by atoms with Crippen LogP contribution in [0.3, 0.4) is 0 Å². The van der Waals surface area contributed by atoms with Gasteiger partial charge in [0.2, 0.25) is 0 Å². The van der Waals surface area contributed by atoms with Gasteiger partial charge in [0.15, 0.2) is 0 Å². The Morgan fingerprint density at radius 1 is 1.29 bits per heavy atom. The third kappa shape index (κ3) is 2.98. The van der Waals surface area contributed by atoms with Crippen molar-refractivity contribution in [3.63, 3.8) is 0 Å². The van der Waals surface area contributed by atoms with E-state index in [2.05, 4.69) is 33.1 Å². The Morgan fingerprint density at radius 2 is 1.86 bits per heavy atom. The first-order valence-electron chi connectivity index (χ1n) is 6.27. The molecule has 1 nitrogen and oxygen atoms in total. The monoisotopic (exact) mass is 197 g/mol. The summed E-state index contributed by atoms with van der Waals surface area (Å²) in [6.07, 6.45) is 8.53. The van der Waals surface area contributed by atoms with Crippen LogP contribution in [-0.4, -0.2) is 13.1 Å². The molecule has 84 valence electrons. The lowest BCUT2D eigenvalue weighted by atomic mass is 9.77. The molecule has 0 aromatic rings. The molecular formula is C13H27N. The van der Waals surface area contributed by atoms with E-state index in [1.807, 2.05) is 0 Å². The highest BCUT2D eigenvalue weighted by Crippen LogP contribution is 2.34. The minimum Gasteiger partial charge on any atom is -0.316 e. The Bertz CT molecular complexity index is 157. The first-order valence-corrected chi connectivity index (χ1v) is 6.27. The van der Waals surface area contributed by atoms with Crippen LogP contribution in [0.4, 0.5) is 0 Å². The molecule has 0 aromatic carbocycles. The molecule has 1 rings (SSSR count). The summed E-state index contributed by atoms with van der Waals surface area (Å²) in [6.45, 7) is 7.09. The maximum absolute atomic E-state index is 3.52. The van der Waals surface area contributed by atoms with E-state index < -0.39 is 0 Å². The second-order valence-electron chi connectivity index (χ2n) is 5.57. The number of hydrogen-bond donors (Lipinski definition) is 1. The lowest BCUT2D eigenvalue weighted by Gasteiger charge is -2.35. The van der Waals surface area contributed by atoms with Crippen LogP contribution < -0.4 is 5.32 Å². The number of hydrogen-bond acceptors (Lipinski definition) is 1. The van der Waals surface area contributed by atoms with Crippen molar-refractivity contribution in [3.8, 4) is 0 Å². The van der Waals surface area contributed by atoms with Gasteiger partial charge < -0.3 is 5.32 Å². The molecule has 14 heavy (non-hydrogen) atoms. The molecule has 0 radical (unpaired) electrons. The van der Waals surface area contributed by atoms with Crippen molar-refractivity contribution in [3.05, 3.63) is 0 Å². The van der Waals surface area contributed by atoms with Crippen molar-refractivity contribution < 1.29 is 0 Å². The minimum absolute atomic E-state index is 0.456. The van der Waals surface area contributed by atoms with Gasteiger partial charge in [-0.1, -0.05) is 46.5 Å². The summed E-state index contributed by atoms with van der Waals surface area (Å²) in [5, 5.41) is 3.52. The SMILES string of the molecule is CCC(C)(C)C(CC1CCCC1)NC. The van der Waals surface area contributed by atoms with Crippen LogP contribution in [0.25, 0.3) is 0 Å². The Labute approximate surface area is 89.7 Å². The lowest BCUT2D eigenvalue weighted by molar-refractivity contribution is 0.206. The molecule has 1 fully saturated rings. The van der Waals surface area contributed by atoms with Crippen LogP contribution in [0.5, 0.6) is 0 Å². The molecule has 1 saturated carbocycles. The van der Waals surface area contributed by atoms with E-state index in [4.69, 9.17) is 0 Å². The van der Waals surface area contributed by atoms with E-state index in [0.717, 1.165) is 5.92 Å². The highest BCUT2D eigenvalue weighted by molar-refractivity contribution is 4.85. The molecule has 0 spiro atoms. The topological polar surface area (TPSA) is 12.0 Å². The van der Waals surface area contributed by atoms with Gasteiger partial charge in [0.25, 0.3) is 0 Å². The Hall–Kier alpha value is -0.0400. The zero-order chi connectivity index (χ0) is 10.6. The second-order valence-corrected chi connectivity index (χ2v) is 5.57. The standard InChI is InChI=1S/C13H27N/c1-5-13(2,3)12(14-4)10-11-8-6-7-9-11/h11-12,14H,5-10H2,1-4H3. The zero-order valence-electron chi connectivity index (χ0n) is 10.4. The number of nitrogens with one attached hydrogen (secondary N) is 1. The maximum atomic E-state index is 3.52. The Balaban J connectivity index is 2.44. The van der Waals surface area contributed by atoms with Crippen LogP contribution in [0.15, 0.2) is 0 Å². The quantitative estimate of drug-likeness (QED) is 0.710. The van der Waals surface area contributed by atoms with Gasteiger partial charge in [-0.05, 0) is 31.2 Å². The van der Waals surface area contributed by atoms with Gasteiger partial charge in [-0.2, -0.15) is 0 Å². The van der Waals surface area contributed by atoms with Gasteiger partial charge >= 0.3 is 0 Å². The lowest BCUT2D eigenvalue weighted by Crippen LogP contribution is -2.40. The first kappa shape index (κ1) is 12.0. The molecule has 1 heteroatoms. The fourth-order valence-electron chi connectivity index (χ4n) is 2.65. The van der Waals surface area contributed by atoms with Crippen molar-refractivity contribution in [2.24, 2.45) is 11.3 Å². The van der Waals surface area contributed by atoms with Crippen molar-refractivity contribution in [1.82, 2.24) is 5.32 Å². The van der Waals surface area contributed by atoms with E-state index in [-0.39, 0.29) is 0 Å². The summed E-state index contributed by atoms with van der Waals surface area (Å²) in [4.78, 5) is 0. The molecule has 0 aliphatic heterocycles. The van der Waals surface area contributed by atoms with Gasteiger partial charge in [0.05, 0.1) is 0 Å². The maximum Gasteiger partial charge on any atom is 0.0118 e. The molecule has 0 aromatic heterocycles. The van der Waals surface area contributed by atoms with Gasteiger partial charge in [0.1, 0.15) is 0 Å². The normalized spacial score (nSPS) is 21.4. The molecule has 1 aliphatic rings. The second kappa shape index (κ2) is 5.16. The van der Waals surface area contributed by atoms with Gasteiger partial charge in [-0.3, -0.25) is 0 Å². The highest BCUT2D eigenvalue weighted by atomic mass is 14.9. The van der Waals surface area contributed by atoms with E-state index in [9.17, 15) is 0 Å². The molecule has 0 amide bonds. The van der Waals surface area contributed by atoms with Crippen LogP contribution >= 0.6 is 0 Å². The number of rotatable bonds is 5. The first-order chi connectivity index (χ1) is 6.60. The van der Waals surface area contributed by atoms with Crippen LogP contribution in [0.2, 0.25) is 0 Å². The van der Waals surface area contributed by atoms with E-state index in [1.165, 1.54) is 38.5 Å². The van der Waals surface area contributed by atoms with Crippen LogP contribution in [0, 0.1) is 11.3 Å². The summed E-state index contributed by atoms with van der Waals surface area (Å²) in [5.41, 5.74) is 0.456. The minimum atomic E-state index is 0.456. The van der Waals surface area contributed by atoms with Crippen molar-refractivity contribution in [1.29, 1.82) is 0 Å². The summed E-state index contributed by atoms with van der Waals surface area (Å²) in [5.74, 6) is 0.998. The molecule has 1 N–H and O–H groups in total. The van der Waals surface area contributed by atoms with Gasteiger partial charge in [-0.25, -0.2) is 0 Å². The summed E-state index contributed by atoms with van der Waals surface area (Å²) in [6, 6.07) is 0.704. The molecular weight excluding hydrogens is 170 g/mol. The molecule has 0 saturated heterocycles. The van der Waals surface area contributed by atoms with E-state index in [1.54, 1.807) is 0 Å². The van der Waals surface area contributed by atoms with Crippen molar-refractivity contribution >= 4 is 0 Å². The zero-order valence-corrected chi connectivity index (χ0v) is 10.4. The third-order valence-electron chi connectivity index (χ3n) is 4.25. The Morgan fingerprint density at radius 3 is 2.29 bits per heavy atom. The molecule has 1 aliphatic carbocycles. The highest BCUT2D eigenvalue weighted by Gasteiger charge is 2.29. The van der Waals surface area contributed by atoms with Crippen LogP contribution in [-0.2, 0) is 0 Å². The summed E-state index contributed by atoms with van der Waals surface area (Å²) >= 11 is 0. The molecule has 0 bridgehead atoms. The predicted octanol–water partition coefficient (Wildman–Crippen LogP) is 3.59. The average molecular weight is 197 g/mol. The summed E-state index contributed by atoms with van der Waals surface area (Å²) < 4.78 is 0. The third-order valence-corrected chi connectivity index (χ3v) is 4.25. The van der Waals surface area contributed by atoms with E-state index in [0.29, 0.717) is 11.5 Å². The smallest absolute Gasteiger partial charge is 0.0118 e. The average Bonchev–Trinajstić information content (AvgIpc) is 2.66. The summed E-state index contributed by atoms with van der Waals surface area (Å²) in [7, 11) is 2.12.